The van der Waals surface area contributed by atoms with E-state index in [1.165, 1.54) is 22.0 Å². The van der Waals surface area contributed by atoms with Crippen molar-refractivity contribution in [1.29, 1.82) is 0 Å². The third-order valence-corrected chi connectivity index (χ3v) is 6.42. The van der Waals surface area contributed by atoms with E-state index in [0.717, 1.165) is 36.1 Å². The summed E-state index contributed by atoms with van der Waals surface area (Å²) in [6, 6.07) is 22.6. The number of benzene rings is 3. The summed E-state index contributed by atoms with van der Waals surface area (Å²) in [5.74, 6) is -0.0922. The molecular formula is C27H27N3O2. The molecule has 2 heterocycles. The van der Waals surface area contributed by atoms with Crippen molar-refractivity contribution in [3.63, 3.8) is 0 Å². The lowest BCUT2D eigenvalue weighted by molar-refractivity contribution is -0.133. The Hall–Kier alpha value is -3.60. The van der Waals surface area contributed by atoms with Crippen molar-refractivity contribution in [3.05, 3.63) is 77.9 Å². The number of nitrogens with one attached hydrogen (secondary N) is 1. The molecular weight excluding hydrogens is 398 g/mol. The van der Waals surface area contributed by atoms with Crippen LogP contribution in [-0.2, 0) is 29.1 Å². The highest BCUT2D eigenvalue weighted by atomic mass is 16.2. The van der Waals surface area contributed by atoms with Crippen LogP contribution in [0.5, 0.6) is 0 Å². The van der Waals surface area contributed by atoms with Crippen LogP contribution in [0, 0.1) is 0 Å². The van der Waals surface area contributed by atoms with Crippen LogP contribution in [0.25, 0.3) is 21.8 Å². The van der Waals surface area contributed by atoms with Crippen LogP contribution in [0.3, 0.4) is 0 Å². The highest BCUT2D eigenvalue weighted by Crippen LogP contribution is 2.31. The Kier molecular flexibility index (Phi) is 5.39. The number of hydrogen-bond donors (Lipinski definition) is 1. The van der Waals surface area contributed by atoms with Gasteiger partial charge in [-0.1, -0.05) is 42.5 Å². The second kappa shape index (κ2) is 8.50. The van der Waals surface area contributed by atoms with Gasteiger partial charge >= 0.3 is 0 Å². The van der Waals surface area contributed by atoms with E-state index >= 15 is 0 Å². The van der Waals surface area contributed by atoms with Crippen LogP contribution in [0.2, 0.25) is 0 Å². The predicted octanol–water partition coefficient (Wildman–Crippen LogP) is 5.12. The van der Waals surface area contributed by atoms with Crippen LogP contribution in [0.15, 0.2) is 66.7 Å². The predicted molar refractivity (Wildman–Crippen MR) is 129 cm³/mol. The average Bonchev–Trinajstić information content (AvgIpc) is 3.15. The summed E-state index contributed by atoms with van der Waals surface area (Å²) in [5, 5.41) is 5.29. The van der Waals surface area contributed by atoms with E-state index < -0.39 is 0 Å². The Morgan fingerprint density at radius 2 is 1.62 bits per heavy atom. The van der Waals surface area contributed by atoms with E-state index in [9.17, 15) is 9.59 Å². The van der Waals surface area contributed by atoms with Gasteiger partial charge in [-0.05, 0) is 48.7 Å². The van der Waals surface area contributed by atoms with Crippen molar-refractivity contribution in [2.75, 3.05) is 11.9 Å². The first kappa shape index (κ1) is 20.3. The number of fused-ring (bicyclic) bond motifs is 4. The lowest BCUT2D eigenvalue weighted by atomic mass is 9.99. The van der Waals surface area contributed by atoms with Crippen LogP contribution >= 0.6 is 0 Å². The molecule has 0 saturated carbocycles. The number of hydrogen-bond acceptors (Lipinski definition) is 2. The van der Waals surface area contributed by atoms with Gasteiger partial charge in [0.15, 0.2) is 0 Å². The van der Waals surface area contributed by atoms with E-state index in [-0.39, 0.29) is 24.7 Å². The van der Waals surface area contributed by atoms with Gasteiger partial charge in [0.2, 0.25) is 11.8 Å². The molecule has 0 radical (unpaired) electrons. The molecule has 1 N–H and O–H groups in total. The van der Waals surface area contributed by atoms with Crippen molar-refractivity contribution >= 4 is 39.3 Å². The van der Waals surface area contributed by atoms with Gasteiger partial charge in [0.1, 0.15) is 0 Å². The molecule has 1 aromatic heterocycles. The van der Waals surface area contributed by atoms with Gasteiger partial charge in [-0.25, -0.2) is 0 Å². The highest BCUT2D eigenvalue weighted by molar-refractivity contribution is 6.09. The van der Waals surface area contributed by atoms with Crippen molar-refractivity contribution in [3.8, 4) is 0 Å². The number of carbonyl (C=O) groups is 2. The second-order valence-corrected chi connectivity index (χ2v) is 8.38. The zero-order valence-corrected chi connectivity index (χ0v) is 18.3. The summed E-state index contributed by atoms with van der Waals surface area (Å²) in [7, 11) is 0. The smallest absolute Gasteiger partial charge is 0.224 e. The molecule has 0 saturated heterocycles. The number of rotatable bonds is 5. The quantitative estimate of drug-likeness (QED) is 0.483. The molecule has 0 unspecified atom stereocenters. The van der Waals surface area contributed by atoms with Gasteiger partial charge in [0.25, 0.3) is 0 Å². The topological polar surface area (TPSA) is 54.3 Å². The summed E-state index contributed by atoms with van der Waals surface area (Å²) in [6.45, 7) is 4.38. The fraction of sp³-hybridized carbons (Fsp3) is 0.259. The number of anilines is 1. The van der Waals surface area contributed by atoms with E-state index in [1.54, 1.807) is 0 Å². The fourth-order valence-corrected chi connectivity index (χ4v) is 4.78. The summed E-state index contributed by atoms with van der Waals surface area (Å²) in [6.07, 6.45) is 1.29. The minimum absolute atomic E-state index is 0.0381. The van der Waals surface area contributed by atoms with Crippen molar-refractivity contribution < 1.29 is 9.59 Å². The lowest BCUT2D eigenvalue weighted by Gasteiger charge is -2.28. The molecule has 162 valence electrons. The number of aryl methyl sites for hydroxylation is 1. The molecule has 0 atom stereocenters. The summed E-state index contributed by atoms with van der Waals surface area (Å²) >= 11 is 0. The molecule has 0 bridgehead atoms. The van der Waals surface area contributed by atoms with Crippen LogP contribution in [0.4, 0.5) is 5.69 Å². The van der Waals surface area contributed by atoms with E-state index in [2.05, 4.69) is 47.1 Å². The number of nitrogens with zero attached hydrogens (tertiary/aromatic N) is 2. The highest BCUT2D eigenvalue weighted by Gasteiger charge is 2.21. The molecule has 0 spiro atoms. The fourth-order valence-electron chi connectivity index (χ4n) is 4.78. The second-order valence-electron chi connectivity index (χ2n) is 8.38. The number of para-hydroxylation sites is 1. The lowest BCUT2D eigenvalue weighted by Crippen LogP contribution is -2.36. The van der Waals surface area contributed by atoms with Crippen molar-refractivity contribution in [2.45, 2.75) is 39.3 Å². The van der Waals surface area contributed by atoms with Crippen molar-refractivity contribution in [2.24, 2.45) is 0 Å². The number of aromatic nitrogens is 1. The largest absolute Gasteiger partial charge is 0.341 e. The summed E-state index contributed by atoms with van der Waals surface area (Å²) in [4.78, 5) is 27.1. The van der Waals surface area contributed by atoms with E-state index in [4.69, 9.17) is 0 Å². The standard InChI is InChI=1S/C27H27N3O2/c1-2-30-24-10-6-5-9-22(24)23-17-21(11-12-25(23)30)28-26(31)13-14-27(32)29-16-15-19-7-3-4-8-20(19)18-29/h3-12,17H,2,13-16,18H2,1H3,(H,28,31). The van der Waals surface area contributed by atoms with Gasteiger partial charge < -0.3 is 14.8 Å². The van der Waals surface area contributed by atoms with Gasteiger partial charge in [0.05, 0.1) is 0 Å². The Morgan fingerprint density at radius 1 is 0.875 bits per heavy atom. The molecule has 0 aliphatic carbocycles. The van der Waals surface area contributed by atoms with Crippen LogP contribution in [-0.4, -0.2) is 27.8 Å². The molecule has 5 heteroatoms. The first-order valence-electron chi connectivity index (χ1n) is 11.3. The zero-order chi connectivity index (χ0) is 22.1. The molecule has 3 aromatic carbocycles. The summed E-state index contributed by atoms with van der Waals surface area (Å²) in [5.41, 5.74) is 5.64. The minimum Gasteiger partial charge on any atom is -0.341 e. The van der Waals surface area contributed by atoms with E-state index in [1.807, 2.05) is 41.3 Å². The third kappa shape index (κ3) is 3.75. The van der Waals surface area contributed by atoms with Gasteiger partial charge in [0, 0.05) is 60.0 Å². The van der Waals surface area contributed by atoms with E-state index in [0.29, 0.717) is 6.54 Å². The SMILES string of the molecule is CCn1c2ccccc2c2cc(NC(=O)CCC(=O)N3CCc4ccccc4C3)ccc21. The molecule has 5 nitrogen and oxygen atoms in total. The molecule has 2 amide bonds. The maximum absolute atomic E-state index is 12.7. The Bertz CT molecular complexity index is 1320. The molecule has 5 rings (SSSR count). The first-order chi connectivity index (χ1) is 15.6. The Balaban J connectivity index is 1.24. The molecule has 1 aliphatic heterocycles. The maximum atomic E-state index is 12.7. The zero-order valence-electron chi connectivity index (χ0n) is 18.3. The monoisotopic (exact) mass is 425 g/mol. The Labute approximate surface area is 187 Å². The minimum atomic E-state index is -0.130. The molecule has 0 fully saturated rings. The average molecular weight is 426 g/mol. The van der Waals surface area contributed by atoms with Crippen molar-refractivity contribution in [1.82, 2.24) is 9.47 Å². The van der Waals surface area contributed by atoms with Crippen LogP contribution in [0.1, 0.15) is 30.9 Å². The molecule has 4 aromatic rings. The molecule has 32 heavy (non-hydrogen) atoms. The van der Waals surface area contributed by atoms with Gasteiger partial charge in [-0.15, -0.1) is 0 Å². The van der Waals surface area contributed by atoms with Gasteiger partial charge in [-0.2, -0.15) is 0 Å². The van der Waals surface area contributed by atoms with Crippen LogP contribution < -0.4 is 5.32 Å². The number of amides is 2. The summed E-state index contributed by atoms with van der Waals surface area (Å²) < 4.78 is 2.28. The first-order valence-corrected chi connectivity index (χ1v) is 11.3. The molecule has 1 aliphatic rings. The Morgan fingerprint density at radius 3 is 2.47 bits per heavy atom. The third-order valence-electron chi connectivity index (χ3n) is 6.42. The van der Waals surface area contributed by atoms with Gasteiger partial charge in [-0.3, -0.25) is 9.59 Å². The maximum Gasteiger partial charge on any atom is 0.224 e. The normalized spacial score (nSPS) is 13.3. The number of carbonyl (C=O) groups excluding carboxylic acids is 2.